The smallest absolute Gasteiger partial charge is 0.0554 e. The topological polar surface area (TPSA) is 12.0 Å². The van der Waals surface area contributed by atoms with E-state index in [-0.39, 0.29) is 0 Å². The van der Waals surface area contributed by atoms with E-state index in [2.05, 4.69) is 55.6 Å². The zero-order valence-electron chi connectivity index (χ0n) is 12.9. The van der Waals surface area contributed by atoms with Crippen LogP contribution in [0.1, 0.15) is 40.6 Å². The van der Waals surface area contributed by atoms with E-state index in [4.69, 9.17) is 11.6 Å². The lowest BCUT2D eigenvalue weighted by Gasteiger charge is -2.39. The van der Waals surface area contributed by atoms with E-state index < -0.39 is 0 Å². The van der Waals surface area contributed by atoms with Crippen LogP contribution in [-0.2, 0) is 0 Å². The van der Waals surface area contributed by atoms with Gasteiger partial charge >= 0.3 is 0 Å². The normalized spacial score (nSPS) is 25.5. The molecule has 0 radical (unpaired) electrons. The van der Waals surface area contributed by atoms with Crippen LogP contribution < -0.4 is 5.32 Å². The van der Waals surface area contributed by atoms with Crippen molar-refractivity contribution < 1.29 is 0 Å². The molecule has 2 aromatic rings. The Bertz CT molecular complexity index is 745. The van der Waals surface area contributed by atoms with Gasteiger partial charge in [-0.2, -0.15) is 0 Å². The molecule has 0 spiro atoms. The van der Waals surface area contributed by atoms with Crippen molar-refractivity contribution in [3.05, 3.63) is 75.8 Å². The van der Waals surface area contributed by atoms with Gasteiger partial charge in [0.25, 0.3) is 0 Å². The van der Waals surface area contributed by atoms with Crippen molar-refractivity contribution in [2.45, 2.75) is 32.2 Å². The van der Waals surface area contributed by atoms with E-state index in [0.29, 0.717) is 17.9 Å². The molecule has 0 bridgehead atoms. The number of benzene rings is 2. The number of halogens is 1. The van der Waals surface area contributed by atoms with E-state index in [9.17, 15) is 0 Å². The predicted octanol–water partition coefficient (Wildman–Crippen LogP) is 5.78. The van der Waals surface area contributed by atoms with Crippen LogP contribution in [0.4, 0.5) is 5.69 Å². The number of hydrogen-bond donors (Lipinski definition) is 1. The molecule has 0 saturated heterocycles. The summed E-state index contributed by atoms with van der Waals surface area (Å²) in [6.45, 7) is 4.43. The van der Waals surface area contributed by atoms with Crippen molar-refractivity contribution in [3.63, 3.8) is 0 Å². The lowest BCUT2D eigenvalue weighted by molar-refractivity contribution is 0.424. The molecule has 0 saturated carbocycles. The monoisotopic (exact) mass is 309 g/mol. The summed E-state index contributed by atoms with van der Waals surface area (Å²) in [5.74, 6) is 1.12. The fourth-order valence-electron chi connectivity index (χ4n) is 4.04. The van der Waals surface area contributed by atoms with Crippen LogP contribution in [-0.4, -0.2) is 0 Å². The number of fused-ring (bicyclic) bond motifs is 3. The highest BCUT2D eigenvalue weighted by Crippen LogP contribution is 2.51. The molecule has 2 heteroatoms. The van der Waals surface area contributed by atoms with Gasteiger partial charge in [-0.25, -0.2) is 0 Å². The Kier molecular flexibility index (Phi) is 3.27. The fourth-order valence-corrected chi connectivity index (χ4v) is 4.17. The van der Waals surface area contributed by atoms with Gasteiger partial charge in [0.15, 0.2) is 0 Å². The summed E-state index contributed by atoms with van der Waals surface area (Å²) in [7, 11) is 0. The average Bonchev–Trinajstić information content (AvgIpc) is 3.00. The molecule has 0 unspecified atom stereocenters. The van der Waals surface area contributed by atoms with Crippen molar-refractivity contribution in [2.75, 3.05) is 5.32 Å². The summed E-state index contributed by atoms with van der Waals surface area (Å²) in [5, 5.41) is 4.63. The van der Waals surface area contributed by atoms with E-state index >= 15 is 0 Å². The van der Waals surface area contributed by atoms with E-state index in [0.717, 1.165) is 11.4 Å². The van der Waals surface area contributed by atoms with E-state index in [1.165, 1.54) is 27.9 Å². The van der Waals surface area contributed by atoms with Crippen molar-refractivity contribution in [3.8, 4) is 0 Å². The maximum Gasteiger partial charge on any atom is 0.0554 e. The van der Waals surface area contributed by atoms with Gasteiger partial charge in [0, 0.05) is 16.6 Å². The lowest BCUT2D eigenvalue weighted by atomic mass is 9.75. The first-order chi connectivity index (χ1) is 10.6. The molecule has 1 aliphatic carbocycles. The van der Waals surface area contributed by atoms with Crippen molar-refractivity contribution in [2.24, 2.45) is 5.92 Å². The van der Waals surface area contributed by atoms with E-state index in [1.807, 2.05) is 12.1 Å². The van der Waals surface area contributed by atoms with E-state index in [1.54, 1.807) is 0 Å². The number of nitrogens with one attached hydrogen (secondary N) is 1. The van der Waals surface area contributed by atoms with Crippen molar-refractivity contribution >= 4 is 17.3 Å². The van der Waals surface area contributed by atoms with Gasteiger partial charge in [-0.1, -0.05) is 48.0 Å². The van der Waals surface area contributed by atoms with Crippen LogP contribution in [0.2, 0.25) is 5.02 Å². The van der Waals surface area contributed by atoms with Crippen molar-refractivity contribution in [1.82, 2.24) is 0 Å². The number of hydrogen-bond acceptors (Lipinski definition) is 1. The number of anilines is 1. The molecular formula is C20H20ClN. The Morgan fingerprint density at radius 2 is 1.73 bits per heavy atom. The molecule has 22 heavy (non-hydrogen) atoms. The fraction of sp³-hybridized carbons (Fsp3) is 0.300. The minimum absolute atomic E-state index is 0.352. The molecule has 0 aromatic heterocycles. The third kappa shape index (κ3) is 2.07. The highest BCUT2D eigenvalue weighted by atomic mass is 35.5. The molecule has 2 aromatic carbocycles. The van der Waals surface area contributed by atoms with Crippen LogP contribution in [0.3, 0.4) is 0 Å². The molecule has 112 valence electrons. The van der Waals surface area contributed by atoms with Crippen LogP contribution in [0.25, 0.3) is 0 Å². The maximum absolute atomic E-state index is 6.06. The molecule has 0 fully saturated rings. The maximum atomic E-state index is 6.06. The molecule has 3 atom stereocenters. The van der Waals surface area contributed by atoms with Crippen LogP contribution >= 0.6 is 11.6 Å². The van der Waals surface area contributed by atoms with Gasteiger partial charge in [-0.15, -0.1) is 0 Å². The molecule has 0 amide bonds. The summed E-state index contributed by atoms with van der Waals surface area (Å²) in [6, 6.07) is 13.1. The van der Waals surface area contributed by atoms with Crippen molar-refractivity contribution in [1.29, 1.82) is 0 Å². The average molecular weight is 310 g/mol. The second kappa shape index (κ2) is 5.17. The summed E-state index contributed by atoms with van der Waals surface area (Å²) < 4.78 is 0. The Morgan fingerprint density at radius 3 is 2.50 bits per heavy atom. The van der Waals surface area contributed by atoms with Gasteiger partial charge in [0.2, 0.25) is 0 Å². The Labute approximate surface area is 137 Å². The zero-order valence-corrected chi connectivity index (χ0v) is 13.7. The third-order valence-electron chi connectivity index (χ3n) is 5.18. The van der Waals surface area contributed by atoms with Crippen LogP contribution in [0.5, 0.6) is 0 Å². The molecule has 1 heterocycles. The van der Waals surface area contributed by atoms with Crippen LogP contribution in [0, 0.1) is 19.8 Å². The van der Waals surface area contributed by atoms with Gasteiger partial charge < -0.3 is 5.32 Å². The first-order valence-electron chi connectivity index (χ1n) is 7.94. The Hall–Kier alpha value is -1.73. The number of aryl methyl sites for hydroxylation is 2. The molecular weight excluding hydrogens is 290 g/mol. The standard InChI is InChI=1S/C20H20ClN/c1-12-6-7-13(2)19-18(12)16-4-3-5-17(16)20(22-19)14-8-10-15(21)11-9-14/h3-4,6-11,16-17,20,22H,5H2,1-2H3/t16-,17-,20-/m1/s1. The summed E-state index contributed by atoms with van der Waals surface area (Å²) >= 11 is 6.06. The van der Waals surface area contributed by atoms with Gasteiger partial charge in [0.05, 0.1) is 6.04 Å². The molecule has 2 aliphatic rings. The quantitative estimate of drug-likeness (QED) is 0.658. The summed E-state index contributed by atoms with van der Waals surface area (Å²) in [4.78, 5) is 0. The second-order valence-corrected chi connectivity index (χ2v) is 6.95. The van der Waals surface area contributed by atoms with Crippen LogP contribution in [0.15, 0.2) is 48.6 Å². The molecule has 4 rings (SSSR count). The first kappa shape index (κ1) is 13.9. The minimum atomic E-state index is 0.352. The summed E-state index contributed by atoms with van der Waals surface area (Å²) in [5.41, 5.74) is 6.87. The second-order valence-electron chi connectivity index (χ2n) is 6.52. The largest absolute Gasteiger partial charge is 0.377 e. The highest BCUT2D eigenvalue weighted by Gasteiger charge is 2.39. The Balaban J connectivity index is 1.84. The van der Waals surface area contributed by atoms with Gasteiger partial charge in [-0.05, 0) is 60.6 Å². The zero-order chi connectivity index (χ0) is 15.3. The molecule has 1 nitrogen and oxygen atoms in total. The number of allylic oxidation sites excluding steroid dienone is 2. The third-order valence-corrected chi connectivity index (χ3v) is 5.43. The highest BCUT2D eigenvalue weighted by molar-refractivity contribution is 6.30. The predicted molar refractivity (Wildman–Crippen MR) is 93.7 cm³/mol. The summed E-state index contributed by atoms with van der Waals surface area (Å²) in [6.07, 6.45) is 5.88. The van der Waals surface area contributed by atoms with Gasteiger partial charge in [0.1, 0.15) is 0 Å². The number of rotatable bonds is 1. The van der Waals surface area contributed by atoms with Gasteiger partial charge in [-0.3, -0.25) is 0 Å². The minimum Gasteiger partial charge on any atom is -0.377 e. The molecule has 1 N–H and O–H groups in total. The SMILES string of the molecule is Cc1ccc(C)c2c1N[C@H](c1ccc(Cl)cc1)[C@@H]1CC=C[C@@H]21. The first-order valence-corrected chi connectivity index (χ1v) is 8.31. The lowest BCUT2D eigenvalue weighted by Crippen LogP contribution is -2.30. The molecule has 1 aliphatic heterocycles. The Morgan fingerprint density at radius 1 is 1.00 bits per heavy atom.